The Labute approximate surface area is 184 Å². The Kier molecular flexibility index (Phi) is 4.89. The summed E-state index contributed by atoms with van der Waals surface area (Å²) in [7, 11) is 0. The van der Waals surface area contributed by atoms with Gasteiger partial charge in [0.25, 0.3) is 11.1 Å². The van der Waals surface area contributed by atoms with Crippen LogP contribution in [0.3, 0.4) is 0 Å². The number of aromatic nitrogens is 2. The SMILES string of the molecule is Cc1ccc2c(CSc3nnc(-c4sc5ccccc5c4Cl)o3)cc(=O)oc2c1C. The first-order valence-electron chi connectivity index (χ1n) is 9.18. The van der Waals surface area contributed by atoms with Crippen molar-refractivity contribution >= 4 is 55.8 Å². The summed E-state index contributed by atoms with van der Waals surface area (Å²) in [6.45, 7) is 3.95. The van der Waals surface area contributed by atoms with Gasteiger partial charge in [-0.2, -0.15) is 0 Å². The number of halogens is 1. The minimum Gasteiger partial charge on any atom is -0.422 e. The van der Waals surface area contributed by atoms with Gasteiger partial charge < -0.3 is 8.83 Å². The van der Waals surface area contributed by atoms with Crippen LogP contribution in [0.4, 0.5) is 0 Å². The zero-order valence-electron chi connectivity index (χ0n) is 16.1. The van der Waals surface area contributed by atoms with Crippen LogP contribution in [0.15, 0.2) is 61.3 Å². The molecule has 5 aromatic rings. The van der Waals surface area contributed by atoms with E-state index in [1.165, 1.54) is 29.2 Å². The number of fused-ring (bicyclic) bond motifs is 2. The third-order valence-corrected chi connectivity index (χ3v) is 7.53. The van der Waals surface area contributed by atoms with Gasteiger partial charge in [-0.25, -0.2) is 4.79 Å². The molecule has 0 saturated carbocycles. The second-order valence-corrected chi connectivity index (χ2v) is 9.23. The average Bonchev–Trinajstić information content (AvgIpc) is 3.34. The summed E-state index contributed by atoms with van der Waals surface area (Å²) in [5, 5.41) is 11.2. The first-order chi connectivity index (χ1) is 14.5. The number of hydrogen-bond acceptors (Lipinski definition) is 7. The van der Waals surface area contributed by atoms with Crippen LogP contribution in [0.1, 0.15) is 16.7 Å². The minimum atomic E-state index is -0.366. The fraction of sp³-hybridized carbons (Fsp3) is 0.136. The maximum Gasteiger partial charge on any atom is 0.336 e. The fourth-order valence-corrected chi connectivity index (χ4v) is 5.48. The van der Waals surface area contributed by atoms with Crippen LogP contribution in [0, 0.1) is 13.8 Å². The molecule has 150 valence electrons. The Balaban J connectivity index is 1.45. The average molecular weight is 455 g/mol. The summed E-state index contributed by atoms with van der Waals surface area (Å²) >= 11 is 9.41. The van der Waals surface area contributed by atoms with E-state index in [0.717, 1.165) is 37.0 Å². The molecular formula is C22H15ClN2O3S2. The van der Waals surface area contributed by atoms with Gasteiger partial charge in [-0.05, 0) is 36.6 Å². The van der Waals surface area contributed by atoms with Crippen molar-refractivity contribution in [1.29, 1.82) is 0 Å². The van der Waals surface area contributed by atoms with Crippen LogP contribution in [0.25, 0.3) is 31.8 Å². The van der Waals surface area contributed by atoms with Gasteiger partial charge in [0.05, 0.1) is 5.02 Å². The molecule has 8 heteroatoms. The molecule has 0 aliphatic rings. The second-order valence-electron chi connectivity index (χ2n) is 6.88. The second kappa shape index (κ2) is 7.58. The van der Waals surface area contributed by atoms with E-state index >= 15 is 0 Å². The fourth-order valence-electron chi connectivity index (χ4n) is 3.29. The summed E-state index contributed by atoms with van der Waals surface area (Å²) in [5.41, 5.74) is 3.18. The van der Waals surface area contributed by atoms with E-state index in [4.69, 9.17) is 20.4 Å². The van der Waals surface area contributed by atoms with E-state index in [1.807, 2.05) is 50.2 Å². The van der Waals surface area contributed by atoms with Crippen molar-refractivity contribution < 1.29 is 8.83 Å². The molecule has 3 aromatic heterocycles. The number of hydrogen-bond donors (Lipinski definition) is 0. The Bertz CT molecular complexity index is 1470. The number of aryl methyl sites for hydroxylation is 2. The smallest absolute Gasteiger partial charge is 0.336 e. The molecule has 0 unspecified atom stereocenters. The maximum absolute atomic E-state index is 12.1. The molecule has 5 rings (SSSR count). The predicted molar refractivity (Wildman–Crippen MR) is 122 cm³/mol. The maximum atomic E-state index is 12.1. The number of nitrogens with zero attached hydrogens (tertiary/aromatic N) is 2. The monoisotopic (exact) mass is 454 g/mol. The van der Waals surface area contributed by atoms with Crippen LogP contribution in [-0.2, 0) is 5.75 Å². The van der Waals surface area contributed by atoms with Gasteiger partial charge in [0, 0.05) is 27.3 Å². The zero-order valence-corrected chi connectivity index (χ0v) is 18.5. The van der Waals surface area contributed by atoms with Crippen molar-refractivity contribution in [3.63, 3.8) is 0 Å². The highest BCUT2D eigenvalue weighted by Crippen LogP contribution is 2.42. The van der Waals surface area contributed by atoms with Crippen molar-refractivity contribution in [2.24, 2.45) is 0 Å². The highest BCUT2D eigenvalue weighted by molar-refractivity contribution is 7.98. The summed E-state index contributed by atoms with van der Waals surface area (Å²) in [5.74, 6) is 0.902. The van der Waals surface area contributed by atoms with E-state index in [0.29, 0.717) is 27.5 Å². The first kappa shape index (κ1) is 19.4. The molecule has 0 atom stereocenters. The van der Waals surface area contributed by atoms with Crippen LogP contribution >= 0.6 is 34.7 Å². The summed E-state index contributed by atoms with van der Waals surface area (Å²) < 4.78 is 12.4. The van der Waals surface area contributed by atoms with Gasteiger partial charge in [-0.1, -0.05) is 53.7 Å². The van der Waals surface area contributed by atoms with Crippen LogP contribution in [0.2, 0.25) is 5.02 Å². The van der Waals surface area contributed by atoms with Gasteiger partial charge in [0.1, 0.15) is 10.5 Å². The van der Waals surface area contributed by atoms with Gasteiger partial charge >= 0.3 is 5.63 Å². The number of benzene rings is 2. The van der Waals surface area contributed by atoms with E-state index in [1.54, 1.807) is 0 Å². The van der Waals surface area contributed by atoms with E-state index in [2.05, 4.69) is 10.2 Å². The topological polar surface area (TPSA) is 69.1 Å². The summed E-state index contributed by atoms with van der Waals surface area (Å²) in [6, 6.07) is 13.4. The van der Waals surface area contributed by atoms with Crippen LogP contribution < -0.4 is 5.63 Å². The quantitative estimate of drug-likeness (QED) is 0.224. The van der Waals surface area contributed by atoms with Crippen molar-refractivity contribution in [1.82, 2.24) is 10.2 Å². The highest BCUT2D eigenvalue weighted by Gasteiger charge is 2.18. The molecule has 0 radical (unpaired) electrons. The zero-order chi connectivity index (χ0) is 20.8. The third-order valence-electron chi connectivity index (χ3n) is 5.00. The largest absolute Gasteiger partial charge is 0.422 e. The highest BCUT2D eigenvalue weighted by atomic mass is 35.5. The molecule has 0 bridgehead atoms. The summed E-state index contributed by atoms with van der Waals surface area (Å²) in [4.78, 5) is 12.8. The van der Waals surface area contributed by atoms with Crippen molar-refractivity contribution in [3.05, 3.63) is 74.6 Å². The lowest BCUT2D eigenvalue weighted by atomic mass is 10.0. The Morgan fingerprint density at radius 2 is 1.90 bits per heavy atom. The Morgan fingerprint density at radius 1 is 1.07 bits per heavy atom. The van der Waals surface area contributed by atoms with Gasteiger partial charge in [-0.3, -0.25) is 0 Å². The molecule has 0 fully saturated rings. The normalized spacial score (nSPS) is 11.6. The van der Waals surface area contributed by atoms with Crippen LogP contribution in [0.5, 0.6) is 0 Å². The molecular weight excluding hydrogens is 440 g/mol. The Morgan fingerprint density at radius 3 is 2.73 bits per heavy atom. The van der Waals surface area contributed by atoms with Crippen molar-refractivity contribution in [3.8, 4) is 10.8 Å². The standard InChI is InChI=1S/C22H15ClN2O3S2/c1-11-7-8-14-13(9-17(26)27-19(14)12(11)2)10-29-22-25-24-21(28-22)20-18(23)15-5-3-4-6-16(15)30-20/h3-9H,10H2,1-2H3. The number of thiophene rings is 1. The molecule has 0 N–H and O–H groups in total. The molecule has 5 nitrogen and oxygen atoms in total. The van der Waals surface area contributed by atoms with Gasteiger partial charge in [0.15, 0.2) is 0 Å². The van der Waals surface area contributed by atoms with Gasteiger partial charge in [0.2, 0.25) is 0 Å². The van der Waals surface area contributed by atoms with Crippen molar-refractivity contribution in [2.45, 2.75) is 24.8 Å². The molecule has 0 saturated heterocycles. The van der Waals surface area contributed by atoms with Gasteiger partial charge in [-0.15, -0.1) is 21.5 Å². The van der Waals surface area contributed by atoms with E-state index < -0.39 is 0 Å². The minimum absolute atomic E-state index is 0.366. The lowest BCUT2D eigenvalue weighted by molar-refractivity contribution is 0.466. The lowest BCUT2D eigenvalue weighted by Gasteiger charge is -2.07. The third kappa shape index (κ3) is 3.33. The Hall–Kier alpha value is -2.61. The number of rotatable bonds is 4. The molecule has 0 aliphatic heterocycles. The lowest BCUT2D eigenvalue weighted by Crippen LogP contribution is -2.01. The predicted octanol–water partition coefficient (Wildman–Crippen LogP) is 6.62. The molecule has 0 spiro atoms. The molecule has 0 amide bonds. The molecule has 30 heavy (non-hydrogen) atoms. The molecule has 3 heterocycles. The van der Waals surface area contributed by atoms with E-state index in [-0.39, 0.29) is 5.63 Å². The summed E-state index contributed by atoms with van der Waals surface area (Å²) in [6.07, 6.45) is 0. The van der Waals surface area contributed by atoms with E-state index in [9.17, 15) is 4.79 Å². The number of thioether (sulfide) groups is 1. The molecule has 2 aromatic carbocycles. The van der Waals surface area contributed by atoms with Crippen molar-refractivity contribution in [2.75, 3.05) is 0 Å². The first-order valence-corrected chi connectivity index (χ1v) is 11.4. The molecule has 0 aliphatic carbocycles. The van der Waals surface area contributed by atoms with Crippen LogP contribution in [-0.4, -0.2) is 10.2 Å².